The van der Waals surface area contributed by atoms with Crippen LogP contribution in [0.2, 0.25) is 5.02 Å². The molecule has 3 heteroatoms. The average Bonchev–Trinajstić information content (AvgIpc) is 2.46. The summed E-state index contributed by atoms with van der Waals surface area (Å²) in [4.78, 5) is 0. The predicted molar refractivity (Wildman–Crippen MR) is 92.2 cm³/mol. The van der Waals surface area contributed by atoms with Crippen LogP contribution in [0.5, 0.6) is 5.75 Å². The molecule has 0 unspecified atom stereocenters. The second-order valence-corrected chi connectivity index (χ2v) is 6.15. The molecule has 114 valence electrons. The van der Waals surface area contributed by atoms with Gasteiger partial charge in [-0.3, -0.25) is 0 Å². The fourth-order valence-corrected chi connectivity index (χ4v) is 2.92. The number of halogens is 2. The van der Waals surface area contributed by atoms with E-state index < -0.39 is 0 Å². The van der Waals surface area contributed by atoms with Crippen molar-refractivity contribution in [2.75, 3.05) is 6.61 Å². The zero-order valence-corrected chi connectivity index (χ0v) is 14.8. The molecule has 0 saturated heterocycles. The van der Waals surface area contributed by atoms with E-state index in [0.29, 0.717) is 5.02 Å². The molecule has 1 nitrogen and oxygen atoms in total. The molecule has 1 aromatic carbocycles. The van der Waals surface area contributed by atoms with Crippen LogP contribution in [0.3, 0.4) is 0 Å². The molecule has 0 aliphatic carbocycles. The first-order chi connectivity index (χ1) is 9.79. The number of benzene rings is 1. The third-order valence-electron chi connectivity index (χ3n) is 3.44. The van der Waals surface area contributed by atoms with E-state index >= 15 is 0 Å². The zero-order chi connectivity index (χ0) is 14.6. The van der Waals surface area contributed by atoms with Gasteiger partial charge in [-0.25, -0.2) is 0 Å². The minimum Gasteiger partial charge on any atom is -0.492 e. The van der Waals surface area contributed by atoms with Crippen molar-refractivity contribution in [3.63, 3.8) is 0 Å². The van der Waals surface area contributed by atoms with Crippen molar-refractivity contribution in [3.05, 3.63) is 28.8 Å². The van der Waals surface area contributed by atoms with Gasteiger partial charge in [-0.15, -0.1) is 0 Å². The summed E-state index contributed by atoms with van der Waals surface area (Å²) in [5, 5.41) is 1.49. The van der Waals surface area contributed by atoms with Crippen LogP contribution in [0, 0.1) is 0 Å². The summed E-state index contributed by atoms with van der Waals surface area (Å²) < 4.78 is 5.84. The maximum absolute atomic E-state index is 6.17. The largest absolute Gasteiger partial charge is 0.492 e. The summed E-state index contributed by atoms with van der Waals surface area (Å²) >= 11 is 9.64. The molecule has 1 rings (SSSR count). The van der Waals surface area contributed by atoms with Crippen LogP contribution < -0.4 is 4.74 Å². The molecule has 0 aromatic heterocycles. The molecular formula is C17H26BrClO. The molecule has 0 fully saturated rings. The summed E-state index contributed by atoms with van der Waals surface area (Å²) in [7, 11) is 0. The van der Waals surface area contributed by atoms with Crippen LogP contribution in [0.4, 0.5) is 0 Å². The van der Waals surface area contributed by atoms with Crippen molar-refractivity contribution in [3.8, 4) is 5.75 Å². The fourth-order valence-electron chi connectivity index (χ4n) is 2.23. The van der Waals surface area contributed by atoms with Crippen molar-refractivity contribution in [1.29, 1.82) is 0 Å². The normalized spacial score (nSPS) is 10.8. The van der Waals surface area contributed by atoms with Crippen LogP contribution in [-0.2, 0) is 5.33 Å². The Morgan fingerprint density at radius 3 is 2.30 bits per heavy atom. The van der Waals surface area contributed by atoms with E-state index in [1.807, 2.05) is 18.2 Å². The summed E-state index contributed by atoms with van der Waals surface area (Å²) in [6.07, 6.45) is 10.5. The highest BCUT2D eigenvalue weighted by molar-refractivity contribution is 9.08. The highest BCUT2D eigenvalue weighted by atomic mass is 79.9. The number of rotatable bonds is 11. The maximum Gasteiger partial charge on any atom is 0.141 e. The van der Waals surface area contributed by atoms with Gasteiger partial charge in [0.15, 0.2) is 0 Å². The first-order valence-corrected chi connectivity index (χ1v) is 9.25. The molecular weight excluding hydrogens is 336 g/mol. The molecule has 0 aliphatic rings. The lowest BCUT2D eigenvalue weighted by molar-refractivity contribution is 0.302. The van der Waals surface area contributed by atoms with Gasteiger partial charge in [0.05, 0.1) is 11.6 Å². The van der Waals surface area contributed by atoms with Crippen molar-refractivity contribution in [2.24, 2.45) is 0 Å². The predicted octanol–water partition coefficient (Wildman–Crippen LogP) is 6.75. The second kappa shape index (κ2) is 11.4. The van der Waals surface area contributed by atoms with Crippen molar-refractivity contribution < 1.29 is 4.74 Å². The van der Waals surface area contributed by atoms with Crippen molar-refractivity contribution in [2.45, 2.75) is 63.6 Å². The molecule has 0 N–H and O–H groups in total. The average molecular weight is 362 g/mol. The first-order valence-electron chi connectivity index (χ1n) is 7.75. The van der Waals surface area contributed by atoms with Crippen LogP contribution in [0.25, 0.3) is 0 Å². The molecule has 0 spiro atoms. The minimum atomic E-state index is 0.710. The summed E-state index contributed by atoms with van der Waals surface area (Å²) in [6, 6.07) is 5.89. The highest BCUT2D eigenvalue weighted by Gasteiger charge is 2.06. The highest BCUT2D eigenvalue weighted by Crippen LogP contribution is 2.30. The van der Waals surface area contributed by atoms with Crippen molar-refractivity contribution in [1.82, 2.24) is 0 Å². The van der Waals surface area contributed by atoms with Crippen LogP contribution in [-0.4, -0.2) is 6.61 Å². The summed E-state index contributed by atoms with van der Waals surface area (Å²) in [5.41, 5.74) is 1.12. The van der Waals surface area contributed by atoms with Gasteiger partial charge in [-0.2, -0.15) is 0 Å². The fraction of sp³-hybridized carbons (Fsp3) is 0.647. The lowest BCUT2D eigenvalue weighted by atomic mass is 10.1. The molecule has 0 atom stereocenters. The number of hydrogen-bond acceptors (Lipinski definition) is 1. The van der Waals surface area contributed by atoms with E-state index in [-0.39, 0.29) is 0 Å². The summed E-state index contributed by atoms with van der Waals surface area (Å²) in [6.45, 7) is 3.02. The van der Waals surface area contributed by atoms with E-state index in [2.05, 4.69) is 22.9 Å². The van der Waals surface area contributed by atoms with Crippen LogP contribution in [0.1, 0.15) is 63.9 Å². The molecule has 0 heterocycles. The second-order valence-electron chi connectivity index (χ2n) is 5.19. The van der Waals surface area contributed by atoms with Gasteiger partial charge < -0.3 is 4.74 Å². The Labute approximate surface area is 137 Å². The van der Waals surface area contributed by atoms with E-state index in [1.165, 1.54) is 44.9 Å². The van der Waals surface area contributed by atoms with Gasteiger partial charge in [0.25, 0.3) is 0 Å². The Morgan fingerprint density at radius 2 is 1.65 bits per heavy atom. The van der Waals surface area contributed by atoms with Gasteiger partial charge in [0.1, 0.15) is 5.75 Å². The van der Waals surface area contributed by atoms with Gasteiger partial charge in [0, 0.05) is 10.9 Å². The molecule has 20 heavy (non-hydrogen) atoms. The van der Waals surface area contributed by atoms with Gasteiger partial charge in [-0.05, 0) is 12.5 Å². The quantitative estimate of drug-likeness (QED) is 0.313. The topological polar surface area (TPSA) is 9.23 Å². The zero-order valence-electron chi connectivity index (χ0n) is 12.5. The number of hydrogen-bond donors (Lipinski definition) is 0. The third kappa shape index (κ3) is 6.99. The standard InChI is InChI=1S/C17H26BrClO/c1-2-3-4-5-6-7-8-9-13-20-17-15(14-18)11-10-12-16(17)19/h10-12H,2-9,13-14H2,1H3. The molecule has 0 amide bonds. The van der Waals surface area contributed by atoms with E-state index in [4.69, 9.17) is 16.3 Å². The maximum atomic E-state index is 6.17. The van der Waals surface area contributed by atoms with Crippen LogP contribution in [0.15, 0.2) is 18.2 Å². The Bertz CT molecular complexity index is 368. The molecule has 0 aliphatic heterocycles. The first kappa shape index (κ1) is 17.8. The molecule has 0 bridgehead atoms. The Balaban J connectivity index is 2.12. The van der Waals surface area contributed by atoms with E-state index in [0.717, 1.165) is 29.7 Å². The smallest absolute Gasteiger partial charge is 0.141 e. The lowest BCUT2D eigenvalue weighted by Crippen LogP contribution is -2.00. The van der Waals surface area contributed by atoms with E-state index in [9.17, 15) is 0 Å². The number of unbranched alkanes of at least 4 members (excludes halogenated alkanes) is 7. The van der Waals surface area contributed by atoms with Gasteiger partial charge in [0.2, 0.25) is 0 Å². The lowest BCUT2D eigenvalue weighted by Gasteiger charge is -2.11. The number of ether oxygens (including phenoxy) is 1. The minimum absolute atomic E-state index is 0.710. The van der Waals surface area contributed by atoms with E-state index in [1.54, 1.807) is 0 Å². The molecule has 0 saturated carbocycles. The SMILES string of the molecule is CCCCCCCCCCOc1c(Cl)cccc1CBr. The summed E-state index contributed by atoms with van der Waals surface area (Å²) in [5.74, 6) is 0.842. The monoisotopic (exact) mass is 360 g/mol. The Hall–Kier alpha value is -0.210. The number of para-hydroxylation sites is 1. The Morgan fingerprint density at radius 1 is 1.00 bits per heavy atom. The molecule has 1 aromatic rings. The Kier molecular flexibility index (Phi) is 10.2. The van der Waals surface area contributed by atoms with Gasteiger partial charge in [-0.1, -0.05) is 91.5 Å². The van der Waals surface area contributed by atoms with Crippen LogP contribution >= 0.6 is 27.5 Å². The molecule has 0 radical (unpaired) electrons. The third-order valence-corrected chi connectivity index (χ3v) is 4.34. The van der Waals surface area contributed by atoms with Crippen molar-refractivity contribution >= 4 is 27.5 Å². The van der Waals surface area contributed by atoms with Gasteiger partial charge >= 0.3 is 0 Å². The number of alkyl halides is 1.